The van der Waals surface area contributed by atoms with Crippen molar-refractivity contribution in [1.29, 1.82) is 0 Å². The Balaban J connectivity index is 1.88. The number of rotatable bonds is 9. The number of anilines is 2. The molecule has 1 aromatic carbocycles. The highest BCUT2D eigenvalue weighted by Gasteiger charge is 2.15. The van der Waals surface area contributed by atoms with Crippen molar-refractivity contribution in [1.82, 2.24) is 14.8 Å². The quantitative estimate of drug-likeness (QED) is 0.661. The van der Waals surface area contributed by atoms with Crippen LogP contribution in [0.5, 0.6) is 0 Å². The van der Waals surface area contributed by atoms with Gasteiger partial charge in [0.15, 0.2) is 0 Å². The van der Waals surface area contributed by atoms with Crippen LogP contribution in [0.25, 0.3) is 0 Å². The molecule has 0 saturated heterocycles. The van der Waals surface area contributed by atoms with Crippen molar-refractivity contribution in [2.75, 3.05) is 43.9 Å². The lowest BCUT2D eigenvalue weighted by Gasteiger charge is -2.19. The second-order valence-corrected chi connectivity index (χ2v) is 6.99. The van der Waals surface area contributed by atoms with E-state index in [0.717, 1.165) is 5.69 Å². The van der Waals surface area contributed by atoms with Gasteiger partial charge in [0.05, 0.1) is 13.1 Å². The van der Waals surface area contributed by atoms with Crippen LogP contribution < -0.4 is 10.6 Å². The van der Waals surface area contributed by atoms with Gasteiger partial charge in [0.1, 0.15) is 5.82 Å². The van der Waals surface area contributed by atoms with E-state index in [9.17, 15) is 14.4 Å². The lowest BCUT2D eigenvalue weighted by molar-refractivity contribution is -0.119. The molecule has 2 aromatic rings. The van der Waals surface area contributed by atoms with Crippen molar-refractivity contribution in [3.8, 4) is 0 Å². The first-order chi connectivity index (χ1) is 14.3. The minimum absolute atomic E-state index is 0.0306. The van der Waals surface area contributed by atoms with Crippen LogP contribution in [0.15, 0.2) is 42.5 Å². The van der Waals surface area contributed by atoms with Gasteiger partial charge >= 0.3 is 0 Å². The molecule has 8 heteroatoms. The van der Waals surface area contributed by atoms with Crippen LogP contribution in [0.4, 0.5) is 11.5 Å². The number of nitrogens with one attached hydrogen (secondary N) is 2. The zero-order chi connectivity index (χ0) is 22.1. The number of likely N-dealkylation sites (N-methyl/N-ethyl adjacent to an activating group) is 1. The van der Waals surface area contributed by atoms with Crippen molar-refractivity contribution in [3.63, 3.8) is 0 Å². The van der Waals surface area contributed by atoms with E-state index in [2.05, 4.69) is 15.6 Å². The predicted octanol–water partition coefficient (Wildman–Crippen LogP) is 2.38. The van der Waals surface area contributed by atoms with Gasteiger partial charge in [-0.2, -0.15) is 0 Å². The van der Waals surface area contributed by atoms with Gasteiger partial charge in [0.25, 0.3) is 5.91 Å². The average molecular weight is 412 g/mol. The number of aromatic nitrogens is 1. The summed E-state index contributed by atoms with van der Waals surface area (Å²) < 4.78 is 0. The molecule has 0 unspecified atom stereocenters. The summed E-state index contributed by atoms with van der Waals surface area (Å²) in [7, 11) is 1.68. The maximum absolute atomic E-state index is 12.5. The Morgan fingerprint density at radius 2 is 1.57 bits per heavy atom. The highest BCUT2D eigenvalue weighted by atomic mass is 16.2. The fourth-order valence-electron chi connectivity index (χ4n) is 2.97. The van der Waals surface area contributed by atoms with Gasteiger partial charge in [-0.3, -0.25) is 19.3 Å². The van der Waals surface area contributed by atoms with E-state index in [4.69, 9.17) is 0 Å². The van der Waals surface area contributed by atoms with Crippen LogP contribution in [-0.2, 0) is 9.59 Å². The SMILES string of the molecule is CCN(CC)C(=O)c1cccc(NC(=O)CN(C)CC(=O)Nc2cccc(C)n2)c1. The predicted molar refractivity (Wildman–Crippen MR) is 117 cm³/mol. The third-order valence-electron chi connectivity index (χ3n) is 4.43. The van der Waals surface area contributed by atoms with Crippen molar-refractivity contribution in [2.45, 2.75) is 20.8 Å². The molecule has 3 amide bonds. The maximum atomic E-state index is 12.5. The molecule has 30 heavy (non-hydrogen) atoms. The summed E-state index contributed by atoms with van der Waals surface area (Å²) in [5.74, 6) is -0.121. The number of carbonyl (C=O) groups excluding carboxylic acids is 3. The Hall–Kier alpha value is -3.26. The first-order valence-electron chi connectivity index (χ1n) is 9.93. The summed E-state index contributed by atoms with van der Waals surface area (Å²) in [4.78, 5) is 44.5. The van der Waals surface area contributed by atoms with Gasteiger partial charge in [-0.1, -0.05) is 12.1 Å². The molecule has 0 bridgehead atoms. The molecule has 0 saturated carbocycles. The molecule has 0 aliphatic rings. The van der Waals surface area contributed by atoms with E-state index >= 15 is 0 Å². The van der Waals surface area contributed by atoms with Crippen LogP contribution in [0, 0.1) is 6.92 Å². The van der Waals surface area contributed by atoms with Crippen LogP contribution in [0.3, 0.4) is 0 Å². The largest absolute Gasteiger partial charge is 0.339 e. The number of benzene rings is 1. The number of aryl methyl sites for hydroxylation is 1. The van der Waals surface area contributed by atoms with Gasteiger partial charge < -0.3 is 15.5 Å². The maximum Gasteiger partial charge on any atom is 0.253 e. The number of nitrogens with zero attached hydrogens (tertiary/aromatic N) is 3. The topological polar surface area (TPSA) is 94.6 Å². The number of carbonyl (C=O) groups is 3. The van der Waals surface area contributed by atoms with Gasteiger partial charge in [-0.25, -0.2) is 4.98 Å². The third-order valence-corrected chi connectivity index (χ3v) is 4.43. The van der Waals surface area contributed by atoms with Gasteiger partial charge in [0, 0.05) is 30.0 Å². The van der Waals surface area contributed by atoms with Crippen molar-refractivity contribution in [2.24, 2.45) is 0 Å². The fraction of sp³-hybridized carbons (Fsp3) is 0.364. The van der Waals surface area contributed by atoms with E-state index in [0.29, 0.717) is 30.2 Å². The number of pyridine rings is 1. The minimum Gasteiger partial charge on any atom is -0.339 e. The van der Waals surface area contributed by atoms with Crippen molar-refractivity contribution in [3.05, 3.63) is 53.7 Å². The zero-order valence-corrected chi connectivity index (χ0v) is 17.9. The Labute approximate surface area is 177 Å². The minimum atomic E-state index is -0.272. The summed E-state index contributed by atoms with van der Waals surface area (Å²) in [6.07, 6.45) is 0. The second kappa shape index (κ2) is 11.1. The van der Waals surface area contributed by atoms with E-state index < -0.39 is 0 Å². The van der Waals surface area contributed by atoms with Gasteiger partial charge in [-0.15, -0.1) is 0 Å². The second-order valence-electron chi connectivity index (χ2n) is 6.99. The van der Waals surface area contributed by atoms with E-state index in [1.54, 1.807) is 47.2 Å². The molecular weight excluding hydrogens is 382 g/mol. The molecule has 8 nitrogen and oxygen atoms in total. The standard InChI is InChI=1S/C22H29N5O3/c1-5-27(6-2)22(30)17-10-8-11-18(13-17)24-20(28)14-26(4)15-21(29)25-19-12-7-9-16(3)23-19/h7-13H,5-6,14-15H2,1-4H3,(H,24,28)(H,23,25,29). The number of hydrogen-bond acceptors (Lipinski definition) is 5. The molecule has 0 fully saturated rings. The summed E-state index contributed by atoms with van der Waals surface area (Å²) in [5.41, 5.74) is 1.87. The van der Waals surface area contributed by atoms with Crippen molar-refractivity contribution >= 4 is 29.2 Å². The third kappa shape index (κ3) is 6.97. The summed E-state index contributed by atoms with van der Waals surface area (Å²) >= 11 is 0. The molecule has 0 radical (unpaired) electrons. The number of amides is 3. The monoisotopic (exact) mass is 411 g/mol. The highest BCUT2D eigenvalue weighted by molar-refractivity contribution is 5.98. The Bertz CT molecular complexity index is 896. The Morgan fingerprint density at radius 3 is 2.20 bits per heavy atom. The van der Waals surface area contributed by atoms with Gasteiger partial charge in [0.2, 0.25) is 11.8 Å². The fourth-order valence-corrected chi connectivity index (χ4v) is 2.97. The molecule has 160 valence electrons. The molecule has 0 aliphatic heterocycles. The smallest absolute Gasteiger partial charge is 0.253 e. The average Bonchev–Trinajstić information content (AvgIpc) is 2.68. The summed E-state index contributed by atoms with van der Waals surface area (Å²) in [6.45, 7) is 7.01. The Morgan fingerprint density at radius 1 is 0.933 bits per heavy atom. The number of hydrogen-bond donors (Lipinski definition) is 2. The zero-order valence-electron chi connectivity index (χ0n) is 17.9. The van der Waals surface area contributed by atoms with E-state index in [1.165, 1.54) is 0 Å². The normalized spacial score (nSPS) is 10.6. The lowest BCUT2D eigenvalue weighted by Crippen LogP contribution is -2.36. The van der Waals surface area contributed by atoms with Crippen LogP contribution >= 0.6 is 0 Å². The highest BCUT2D eigenvalue weighted by Crippen LogP contribution is 2.13. The summed E-state index contributed by atoms with van der Waals surface area (Å²) in [6, 6.07) is 12.2. The molecule has 0 spiro atoms. The molecule has 2 N–H and O–H groups in total. The van der Waals surface area contributed by atoms with Crippen LogP contribution in [-0.4, -0.2) is 65.7 Å². The molecule has 0 atom stereocenters. The van der Waals surface area contributed by atoms with Crippen LogP contribution in [0.2, 0.25) is 0 Å². The first-order valence-corrected chi connectivity index (χ1v) is 9.93. The molecular formula is C22H29N5O3. The van der Waals surface area contributed by atoms with E-state index in [1.807, 2.05) is 32.9 Å². The van der Waals surface area contributed by atoms with E-state index in [-0.39, 0.29) is 30.8 Å². The van der Waals surface area contributed by atoms with Crippen molar-refractivity contribution < 1.29 is 14.4 Å². The molecule has 1 heterocycles. The Kier molecular flexibility index (Phi) is 8.49. The molecule has 0 aliphatic carbocycles. The van der Waals surface area contributed by atoms with Crippen LogP contribution in [0.1, 0.15) is 29.9 Å². The van der Waals surface area contributed by atoms with Gasteiger partial charge in [-0.05, 0) is 58.2 Å². The lowest BCUT2D eigenvalue weighted by atomic mass is 10.1. The first kappa shape index (κ1) is 23.0. The summed E-state index contributed by atoms with van der Waals surface area (Å²) in [5, 5.41) is 5.49. The molecule has 1 aromatic heterocycles. The molecule has 2 rings (SSSR count).